The molecule has 0 spiro atoms. The van der Waals surface area contributed by atoms with Crippen LogP contribution in [0.4, 0.5) is 23.0 Å². The highest BCUT2D eigenvalue weighted by molar-refractivity contribution is 6.31. The van der Waals surface area contributed by atoms with Crippen molar-refractivity contribution < 1.29 is 4.92 Å². The summed E-state index contributed by atoms with van der Waals surface area (Å²) in [6, 6.07) is 5.43. The summed E-state index contributed by atoms with van der Waals surface area (Å²) in [5.74, 6) is 2.71. The second kappa shape index (κ2) is 6.83. The molecular formula is C21H24ClN5O2. The lowest BCUT2D eigenvalue weighted by molar-refractivity contribution is -0.383. The van der Waals surface area contributed by atoms with E-state index >= 15 is 0 Å². The van der Waals surface area contributed by atoms with Gasteiger partial charge in [-0.2, -0.15) is 0 Å². The molecule has 0 aliphatic heterocycles. The van der Waals surface area contributed by atoms with Crippen molar-refractivity contribution in [2.45, 2.75) is 51.0 Å². The zero-order valence-electron chi connectivity index (χ0n) is 16.3. The molecule has 29 heavy (non-hydrogen) atoms. The topological polar surface area (TPSA) is 93.0 Å². The Kier molecular flexibility index (Phi) is 4.38. The van der Waals surface area contributed by atoms with Gasteiger partial charge in [0.25, 0.3) is 0 Å². The van der Waals surface area contributed by atoms with Crippen LogP contribution < -0.4 is 10.6 Å². The average molecular weight is 414 g/mol. The number of halogens is 1. The molecule has 0 amide bonds. The smallest absolute Gasteiger partial charge is 0.353 e. The van der Waals surface area contributed by atoms with Crippen LogP contribution in [0.3, 0.4) is 0 Å². The molecular weight excluding hydrogens is 390 g/mol. The van der Waals surface area contributed by atoms with Crippen molar-refractivity contribution in [1.82, 2.24) is 9.97 Å². The summed E-state index contributed by atoms with van der Waals surface area (Å²) in [5.41, 5.74) is 1.33. The third-order valence-corrected chi connectivity index (χ3v) is 7.36. The molecule has 4 aliphatic rings. The van der Waals surface area contributed by atoms with E-state index in [-0.39, 0.29) is 17.0 Å². The van der Waals surface area contributed by atoms with E-state index in [1.165, 1.54) is 25.6 Å². The molecule has 0 unspecified atom stereocenters. The van der Waals surface area contributed by atoms with Crippen LogP contribution in [0.2, 0.25) is 5.02 Å². The van der Waals surface area contributed by atoms with Gasteiger partial charge in [0.15, 0.2) is 0 Å². The van der Waals surface area contributed by atoms with Crippen LogP contribution in [-0.2, 0) is 0 Å². The van der Waals surface area contributed by atoms with Crippen LogP contribution in [0, 0.1) is 34.8 Å². The Hall–Kier alpha value is -2.41. The molecule has 1 heterocycles. The number of nitrogens with zero attached hydrogens (tertiary/aromatic N) is 3. The predicted molar refractivity (Wildman–Crippen MR) is 113 cm³/mol. The summed E-state index contributed by atoms with van der Waals surface area (Å²) in [5, 5.41) is 19.2. The van der Waals surface area contributed by atoms with Crippen LogP contribution >= 0.6 is 11.6 Å². The van der Waals surface area contributed by atoms with Crippen molar-refractivity contribution in [1.29, 1.82) is 0 Å². The van der Waals surface area contributed by atoms with Crippen molar-refractivity contribution >= 4 is 34.6 Å². The Bertz CT molecular complexity index is 944. The number of anilines is 3. The quantitative estimate of drug-likeness (QED) is 0.498. The second-order valence-corrected chi connectivity index (χ2v) is 9.44. The minimum absolute atomic E-state index is 0.0723. The molecule has 0 radical (unpaired) electrons. The van der Waals surface area contributed by atoms with Gasteiger partial charge in [-0.05, 0) is 80.9 Å². The Morgan fingerprint density at radius 3 is 2.34 bits per heavy atom. The summed E-state index contributed by atoms with van der Waals surface area (Å²) >= 11 is 6.20. The van der Waals surface area contributed by atoms with Gasteiger partial charge in [0.2, 0.25) is 11.6 Å². The summed E-state index contributed by atoms with van der Waals surface area (Å²) in [6.07, 6.45) is 8.57. The molecule has 152 valence electrons. The standard InChI is InChI=1S/C21H24ClN5O2/c1-12-16(22)3-2-4-17(12)25-19-18(27(28)29)20(24-11-23-19)26-21-8-13-5-14(9-21)7-15(6-13)10-21/h2-4,11,13-15H,5-10H2,1H3,(H2,23,24,25,26). The molecule has 8 heteroatoms. The Labute approximate surface area is 174 Å². The zero-order chi connectivity index (χ0) is 20.2. The van der Waals surface area contributed by atoms with Crippen molar-refractivity contribution in [3.63, 3.8) is 0 Å². The van der Waals surface area contributed by atoms with Gasteiger partial charge in [-0.1, -0.05) is 17.7 Å². The third kappa shape index (κ3) is 3.31. The average Bonchev–Trinajstić information content (AvgIpc) is 2.64. The van der Waals surface area contributed by atoms with Gasteiger partial charge in [-0.3, -0.25) is 10.1 Å². The summed E-state index contributed by atoms with van der Waals surface area (Å²) in [7, 11) is 0. The number of rotatable bonds is 5. The molecule has 6 rings (SSSR count). The van der Waals surface area contributed by atoms with Crippen molar-refractivity contribution in [3.8, 4) is 0 Å². The first-order valence-corrected chi connectivity index (χ1v) is 10.6. The number of hydrogen-bond acceptors (Lipinski definition) is 6. The van der Waals surface area contributed by atoms with Crippen LogP contribution in [-0.4, -0.2) is 20.4 Å². The van der Waals surface area contributed by atoms with Crippen LogP contribution in [0.15, 0.2) is 24.5 Å². The fraction of sp³-hybridized carbons (Fsp3) is 0.524. The molecule has 0 saturated heterocycles. The normalized spacial score (nSPS) is 29.7. The van der Waals surface area contributed by atoms with E-state index in [1.54, 1.807) is 12.1 Å². The van der Waals surface area contributed by atoms with Gasteiger partial charge in [0.1, 0.15) is 6.33 Å². The molecule has 2 aromatic rings. The Balaban J connectivity index is 1.49. The third-order valence-electron chi connectivity index (χ3n) is 6.95. The van der Waals surface area contributed by atoms with Gasteiger partial charge in [0.05, 0.1) is 4.92 Å². The van der Waals surface area contributed by atoms with E-state index in [0.29, 0.717) is 16.5 Å². The molecule has 4 aliphatic carbocycles. The lowest BCUT2D eigenvalue weighted by Crippen LogP contribution is -2.55. The van der Waals surface area contributed by atoms with Gasteiger partial charge >= 0.3 is 5.69 Å². The fourth-order valence-corrected chi connectivity index (χ4v) is 6.29. The van der Waals surface area contributed by atoms with E-state index in [0.717, 1.165) is 42.6 Å². The van der Waals surface area contributed by atoms with E-state index in [4.69, 9.17) is 11.6 Å². The van der Waals surface area contributed by atoms with Crippen LogP contribution in [0.25, 0.3) is 0 Å². The molecule has 1 aromatic carbocycles. The lowest BCUT2D eigenvalue weighted by atomic mass is 9.53. The first-order valence-electron chi connectivity index (χ1n) is 10.2. The number of benzene rings is 1. The fourth-order valence-electron chi connectivity index (χ4n) is 6.12. The summed E-state index contributed by atoms with van der Waals surface area (Å²) in [4.78, 5) is 20.1. The molecule has 4 saturated carbocycles. The lowest BCUT2D eigenvalue weighted by Gasteiger charge is -2.57. The van der Waals surface area contributed by atoms with Crippen molar-refractivity contribution in [2.75, 3.05) is 10.6 Å². The maximum atomic E-state index is 12.0. The monoisotopic (exact) mass is 413 g/mol. The molecule has 7 nitrogen and oxygen atoms in total. The van der Waals surface area contributed by atoms with Gasteiger partial charge in [-0.15, -0.1) is 0 Å². The van der Waals surface area contributed by atoms with Crippen molar-refractivity contribution in [3.05, 3.63) is 45.2 Å². The first kappa shape index (κ1) is 18.6. The van der Waals surface area contributed by atoms with Crippen molar-refractivity contribution in [2.24, 2.45) is 17.8 Å². The number of nitro groups is 1. The summed E-state index contributed by atoms with van der Waals surface area (Å²) < 4.78 is 0. The highest BCUT2D eigenvalue weighted by Crippen LogP contribution is 2.57. The molecule has 2 N–H and O–H groups in total. The van der Waals surface area contributed by atoms with Crippen LogP contribution in [0.5, 0.6) is 0 Å². The highest BCUT2D eigenvalue weighted by Gasteiger charge is 2.51. The molecule has 1 aromatic heterocycles. The molecule has 4 bridgehead atoms. The van der Waals surface area contributed by atoms with E-state index in [9.17, 15) is 10.1 Å². The highest BCUT2D eigenvalue weighted by atomic mass is 35.5. The summed E-state index contributed by atoms with van der Waals surface area (Å²) in [6.45, 7) is 1.87. The Morgan fingerprint density at radius 1 is 1.10 bits per heavy atom. The Morgan fingerprint density at radius 2 is 1.72 bits per heavy atom. The van der Waals surface area contributed by atoms with Gasteiger partial charge in [-0.25, -0.2) is 9.97 Å². The molecule has 4 fully saturated rings. The van der Waals surface area contributed by atoms with E-state index in [2.05, 4.69) is 20.6 Å². The van der Waals surface area contributed by atoms with Gasteiger partial charge in [0, 0.05) is 16.2 Å². The van der Waals surface area contributed by atoms with Gasteiger partial charge < -0.3 is 10.6 Å². The largest absolute Gasteiger partial charge is 0.359 e. The SMILES string of the molecule is Cc1c(Cl)cccc1Nc1ncnc(NC23CC4CC(CC(C4)C2)C3)c1[N+](=O)[O-]. The minimum Gasteiger partial charge on any atom is -0.359 e. The minimum atomic E-state index is -0.398. The van der Waals surface area contributed by atoms with E-state index < -0.39 is 4.92 Å². The van der Waals surface area contributed by atoms with Crippen LogP contribution in [0.1, 0.15) is 44.1 Å². The number of nitrogens with one attached hydrogen (secondary N) is 2. The second-order valence-electron chi connectivity index (χ2n) is 9.04. The zero-order valence-corrected chi connectivity index (χ0v) is 17.1. The number of hydrogen-bond donors (Lipinski definition) is 2. The first-order chi connectivity index (χ1) is 13.9. The van der Waals surface area contributed by atoms with E-state index in [1.807, 2.05) is 13.0 Å². The predicted octanol–water partition coefficient (Wildman–Crippen LogP) is 5.47. The maximum Gasteiger partial charge on any atom is 0.353 e. The number of aromatic nitrogens is 2. The molecule has 0 atom stereocenters. The maximum absolute atomic E-state index is 12.0.